The first-order valence-electron chi connectivity index (χ1n) is 5.19. The van der Waals surface area contributed by atoms with E-state index >= 15 is 0 Å². The van der Waals surface area contributed by atoms with Crippen molar-refractivity contribution in [1.82, 2.24) is 4.72 Å². The van der Waals surface area contributed by atoms with Crippen LogP contribution in [0.1, 0.15) is 13.8 Å². The first kappa shape index (κ1) is 16.4. The zero-order valence-electron chi connectivity index (χ0n) is 10.0. The molecule has 0 saturated heterocycles. The predicted octanol–water partition coefficient (Wildman–Crippen LogP) is 3.75. The highest BCUT2D eigenvalue weighted by atomic mass is 79.9. The fourth-order valence-corrected chi connectivity index (χ4v) is 3.93. The molecule has 0 spiro atoms. The number of halogens is 3. The van der Waals surface area contributed by atoms with E-state index in [2.05, 4.69) is 36.6 Å². The Morgan fingerprint density at radius 3 is 2.50 bits per heavy atom. The summed E-state index contributed by atoms with van der Waals surface area (Å²) in [6.07, 6.45) is 0. The van der Waals surface area contributed by atoms with Crippen LogP contribution < -0.4 is 4.72 Å². The van der Waals surface area contributed by atoms with E-state index in [0.717, 1.165) is 0 Å². The van der Waals surface area contributed by atoms with E-state index in [1.54, 1.807) is 18.2 Å². The number of nitrogens with one attached hydrogen (secondary N) is 1. The van der Waals surface area contributed by atoms with Crippen molar-refractivity contribution in [2.75, 3.05) is 12.4 Å². The highest BCUT2D eigenvalue weighted by Gasteiger charge is 2.23. The maximum atomic E-state index is 12.2. The fraction of sp³-hybridized carbons (Fsp3) is 0.455. The monoisotopic (exact) mass is 417 g/mol. The Morgan fingerprint density at radius 1 is 1.33 bits per heavy atom. The summed E-state index contributed by atoms with van der Waals surface area (Å²) in [6.45, 7) is 4.09. The zero-order valence-corrected chi connectivity index (χ0v) is 14.7. The van der Waals surface area contributed by atoms with E-state index in [4.69, 9.17) is 11.6 Å². The summed E-state index contributed by atoms with van der Waals surface area (Å²) in [5.74, 6) is 0.384. The number of rotatable bonds is 5. The average Bonchev–Trinajstić information content (AvgIpc) is 2.30. The van der Waals surface area contributed by atoms with Gasteiger partial charge in [0.1, 0.15) is 0 Å². The predicted molar refractivity (Wildman–Crippen MR) is 81.5 cm³/mol. The van der Waals surface area contributed by atoms with Crippen molar-refractivity contribution >= 4 is 53.5 Å². The Morgan fingerprint density at radius 2 is 1.94 bits per heavy atom. The van der Waals surface area contributed by atoms with Crippen molar-refractivity contribution in [2.24, 2.45) is 5.41 Å². The molecule has 0 aliphatic heterocycles. The van der Waals surface area contributed by atoms with E-state index in [1.165, 1.54) is 0 Å². The second-order valence-electron chi connectivity index (χ2n) is 4.70. The molecule has 0 fully saturated rings. The molecule has 0 heterocycles. The minimum atomic E-state index is -3.54. The van der Waals surface area contributed by atoms with Crippen LogP contribution in [0.25, 0.3) is 0 Å². The smallest absolute Gasteiger partial charge is 0.211 e. The summed E-state index contributed by atoms with van der Waals surface area (Å²) < 4.78 is 28.1. The SMILES string of the molecule is CC(C)(CCl)CNS(=O)(=O)c1cc(Br)ccc1Br. The number of alkyl halides is 1. The number of hydrogen-bond acceptors (Lipinski definition) is 2. The van der Waals surface area contributed by atoms with Crippen LogP contribution in [0, 0.1) is 5.41 Å². The van der Waals surface area contributed by atoms with Crippen LogP contribution >= 0.6 is 43.5 Å². The number of benzene rings is 1. The van der Waals surface area contributed by atoms with Crippen LogP contribution in [0.4, 0.5) is 0 Å². The Balaban J connectivity index is 2.97. The maximum absolute atomic E-state index is 12.2. The number of sulfonamides is 1. The minimum absolute atomic E-state index is 0.210. The molecule has 0 amide bonds. The van der Waals surface area contributed by atoms with Gasteiger partial charge in [0.25, 0.3) is 0 Å². The lowest BCUT2D eigenvalue weighted by molar-refractivity contribution is 0.414. The van der Waals surface area contributed by atoms with E-state index < -0.39 is 10.0 Å². The van der Waals surface area contributed by atoms with Crippen LogP contribution in [0.15, 0.2) is 32.0 Å². The molecule has 0 radical (unpaired) electrons. The molecule has 7 heteroatoms. The molecule has 0 aromatic heterocycles. The van der Waals surface area contributed by atoms with Gasteiger partial charge in [-0.15, -0.1) is 11.6 Å². The molecule has 3 nitrogen and oxygen atoms in total. The van der Waals surface area contributed by atoms with Crippen molar-refractivity contribution < 1.29 is 8.42 Å². The molecule has 0 aliphatic carbocycles. The molecule has 1 aromatic carbocycles. The van der Waals surface area contributed by atoms with Gasteiger partial charge in [-0.3, -0.25) is 0 Å². The average molecular weight is 420 g/mol. The Bertz CT molecular complexity index is 532. The third kappa shape index (κ3) is 4.49. The first-order valence-corrected chi connectivity index (χ1v) is 8.79. The highest BCUT2D eigenvalue weighted by Crippen LogP contribution is 2.26. The van der Waals surface area contributed by atoms with Gasteiger partial charge >= 0.3 is 0 Å². The third-order valence-electron chi connectivity index (χ3n) is 2.29. The Kier molecular flexibility index (Phi) is 5.68. The molecule has 0 aliphatic rings. The van der Waals surface area contributed by atoms with Crippen LogP contribution in [0.5, 0.6) is 0 Å². The van der Waals surface area contributed by atoms with Gasteiger partial charge in [0.05, 0.1) is 4.90 Å². The molecular formula is C11H14Br2ClNO2S. The maximum Gasteiger partial charge on any atom is 0.241 e. The van der Waals surface area contributed by atoms with Gasteiger partial charge in [-0.05, 0) is 39.5 Å². The van der Waals surface area contributed by atoms with E-state index in [1.807, 2.05) is 13.8 Å². The minimum Gasteiger partial charge on any atom is -0.211 e. The molecule has 0 unspecified atom stereocenters. The summed E-state index contributed by atoms with van der Waals surface area (Å²) in [4.78, 5) is 0.210. The van der Waals surface area contributed by atoms with Gasteiger partial charge in [-0.2, -0.15) is 0 Å². The molecule has 0 atom stereocenters. The van der Waals surface area contributed by atoms with Crippen molar-refractivity contribution in [3.8, 4) is 0 Å². The van der Waals surface area contributed by atoms with Gasteiger partial charge in [0.2, 0.25) is 10.0 Å². The summed E-state index contributed by atoms with van der Waals surface area (Å²) in [6, 6.07) is 5.01. The van der Waals surface area contributed by atoms with Crippen LogP contribution in [-0.2, 0) is 10.0 Å². The second-order valence-corrected chi connectivity index (χ2v) is 8.47. The molecule has 1 aromatic rings. The first-order chi connectivity index (χ1) is 8.18. The molecule has 0 bridgehead atoms. The Labute approximate surface area is 130 Å². The van der Waals surface area contributed by atoms with E-state index in [0.29, 0.717) is 14.8 Å². The highest BCUT2D eigenvalue weighted by molar-refractivity contribution is 9.11. The molecule has 1 rings (SSSR count). The van der Waals surface area contributed by atoms with Crippen LogP contribution in [-0.4, -0.2) is 20.8 Å². The normalized spacial score (nSPS) is 12.7. The summed E-state index contributed by atoms with van der Waals surface area (Å²) in [7, 11) is -3.54. The van der Waals surface area contributed by atoms with Gasteiger partial charge in [-0.25, -0.2) is 13.1 Å². The summed E-state index contributed by atoms with van der Waals surface area (Å²) in [5, 5.41) is 0. The lowest BCUT2D eigenvalue weighted by atomic mass is 9.97. The van der Waals surface area contributed by atoms with Crippen LogP contribution in [0.2, 0.25) is 0 Å². The molecule has 18 heavy (non-hydrogen) atoms. The molecule has 1 N–H and O–H groups in total. The van der Waals surface area contributed by atoms with Gasteiger partial charge < -0.3 is 0 Å². The quantitative estimate of drug-likeness (QED) is 0.739. The lowest BCUT2D eigenvalue weighted by Gasteiger charge is -2.21. The van der Waals surface area contributed by atoms with Crippen LogP contribution in [0.3, 0.4) is 0 Å². The van der Waals surface area contributed by atoms with Crippen molar-refractivity contribution in [3.63, 3.8) is 0 Å². The fourth-order valence-electron chi connectivity index (χ4n) is 1.10. The van der Waals surface area contributed by atoms with E-state index in [-0.39, 0.29) is 16.9 Å². The molecular weight excluding hydrogens is 405 g/mol. The van der Waals surface area contributed by atoms with Gasteiger partial charge in [0, 0.05) is 21.4 Å². The number of hydrogen-bond donors (Lipinski definition) is 1. The lowest BCUT2D eigenvalue weighted by Crippen LogP contribution is -2.35. The Hall–Kier alpha value is 0.380. The zero-order chi connectivity index (χ0) is 14.0. The summed E-state index contributed by atoms with van der Waals surface area (Å²) in [5.41, 5.74) is -0.285. The standard InChI is InChI=1S/C11H14Br2ClNO2S/c1-11(2,6-14)7-15-18(16,17)10-5-8(12)3-4-9(10)13/h3-5,15H,6-7H2,1-2H3. The largest absolute Gasteiger partial charge is 0.241 e. The molecule has 0 saturated carbocycles. The molecule has 102 valence electrons. The van der Waals surface area contributed by atoms with Gasteiger partial charge in [0.15, 0.2) is 0 Å². The van der Waals surface area contributed by atoms with Gasteiger partial charge in [-0.1, -0.05) is 29.8 Å². The van der Waals surface area contributed by atoms with Crippen molar-refractivity contribution in [1.29, 1.82) is 0 Å². The third-order valence-corrected chi connectivity index (χ3v) is 5.90. The summed E-state index contributed by atoms with van der Waals surface area (Å²) >= 11 is 12.3. The van der Waals surface area contributed by atoms with E-state index in [9.17, 15) is 8.42 Å². The van der Waals surface area contributed by atoms with Crippen molar-refractivity contribution in [2.45, 2.75) is 18.7 Å². The topological polar surface area (TPSA) is 46.2 Å². The second kappa shape index (κ2) is 6.22. The van der Waals surface area contributed by atoms with Crippen molar-refractivity contribution in [3.05, 3.63) is 27.1 Å².